The first kappa shape index (κ1) is 12.9. The van der Waals surface area contributed by atoms with Crippen LogP contribution in [0.1, 0.15) is 29.3 Å². The quantitative estimate of drug-likeness (QED) is 0.607. The number of thiophene rings is 1. The van der Waals surface area contributed by atoms with Crippen molar-refractivity contribution in [2.75, 3.05) is 5.32 Å². The Hall–Kier alpha value is -0.0700. The van der Waals surface area contributed by atoms with Gasteiger partial charge in [0.1, 0.15) is 0 Å². The molecule has 3 rings (SSSR count). The lowest BCUT2D eigenvalue weighted by Gasteiger charge is -2.25. The molecule has 0 spiro atoms. The highest BCUT2D eigenvalue weighted by molar-refractivity contribution is 14.1. The molecule has 1 heterocycles. The van der Waals surface area contributed by atoms with E-state index >= 15 is 0 Å². The number of fused-ring (bicyclic) bond motifs is 1. The summed E-state index contributed by atoms with van der Waals surface area (Å²) in [5, 5.41) is 5.88. The van der Waals surface area contributed by atoms with E-state index in [0.717, 1.165) is 4.47 Å². The topological polar surface area (TPSA) is 12.0 Å². The number of benzene rings is 1. The highest BCUT2D eigenvalue weighted by Gasteiger charge is 2.20. The normalized spacial score (nSPS) is 18.4. The third-order valence-corrected chi connectivity index (χ3v) is 6.65. The summed E-state index contributed by atoms with van der Waals surface area (Å²) in [4.78, 5) is 1.56. The Morgan fingerprint density at radius 1 is 1.33 bits per heavy atom. The molecule has 1 aliphatic carbocycles. The molecule has 0 aliphatic heterocycles. The van der Waals surface area contributed by atoms with Crippen LogP contribution in [0.15, 0.2) is 34.1 Å². The molecule has 1 aliphatic rings. The highest BCUT2D eigenvalue weighted by atomic mass is 127. The van der Waals surface area contributed by atoms with Gasteiger partial charge in [0, 0.05) is 18.6 Å². The van der Waals surface area contributed by atoms with E-state index in [0.29, 0.717) is 6.04 Å². The van der Waals surface area contributed by atoms with Crippen molar-refractivity contribution in [3.63, 3.8) is 0 Å². The van der Waals surface area contributed by atoms with Gasteiger partial charge < -0.3 is 5.32 Å². The molecule has 0 bridgehead atoms. The molecule has 2 aromatic rings. The second-order valence-electron chi connectivity index (χ2n) is 4.52. The average molecular weight is 434 g/mol. The zero-order valence-corrected chi connectivity index (χ0v) is 14.3. The van der Waals surface area contributed by atoms with Crippen LogP contribution < -0.4 is 5.32 Å². The van der Waals surface area contributed by atoms with Gasteiger partial charge >= 0.3 is 0 Å². The molecule has 1 aromatic heterocycles. The maximum absolute atomic E-state index is 3.66. The van der Waals surface area contributed by atoms with E-state index in [2.05, 4.69) is 73.5 Å². The van der Waals surface area contributed by atoms with Crippen LogP contribution in [-0.2, 0) is 6.42 Å². The number of rotatable bonds is 2. The molecule has 1 N–H and O–H groups in total. The summed E-state index contributed by atoms with van der Waals surface area (Å²) in [7, 11) is 0. The fourth-order valence-electron chi connectivity index (χ4n) is 2.42. The number of anilines is 1. The minimum Gasteiger partial charge on any atom is -0.378 e. The molecule has 94 valence electrons. The first-order valence-corrected chi connectivity index (χ1v) is 8.77. The van der Waals surface area contributed by atoms with Crippen LogP contribution in [0.4, 0.5) is 5.69 Å². The fourth-order valence-corrected chi connectivity index (χ4v) is 4.13. The van der Waals surface area contributed by atoms with E-state index in [1.165, 1.54) is 34.1 Å². The van der Waals surface area contributed by atoms with Gasteiger partial charge in [-0.15, -0.1) is 11.3 Å². The van der Waals surface area contributed by atoms with Gasteiger partial charge in [-0.2, -0.15) is 0 Å². The van der Waals surface area contributed by atoms with E-state index in [9.17, 15) is 0 Å². The van der Waals surface area contributed by atoms with E-state index in [1.54, 1.807) is 4.88 Å². The van der Waals surface area contributed by atoms with Gasteiger partial charge in [0.2, 0.25) is 0 Å². The van der Waals surface area contributed by atoms with Gasteiger partial charge in [0.25, 0.3) is 0 Å². The van der Waals surface area contributed by atoms with E-state index in [-0.39, 0.29) is 0 Å². The molecule has 4 heteroatoms. The smallest absolute Gasteiger partial charge is 0.0524 e. The van der Waals surface area contributed by atoms with Crippen LogP contribution in [0.2, 0.25) is 0 Å². The van der Waals surface area contributed by atoms with Gasteiger partial charge in [-0.3, -0.25) is 0 Å². The Bertz CT molecular complexity index is 567. The zero-order chi connectivity index (χ0) is 12.5. The summed E-state index contributed by atoms with van der Waals surface area (Å²) in [6.07, 6.45) is 3.77. The zero-order valence-electron chi connectivity index (χ0n) is 9.75. The number of hydrogen-bond donors (Lipinski definition) is 1. The van der Waals surface area contributed by atoms with Gasteiger partial charge in [-0.05, 0) is 93.0 Å². The first-order valence-electron chi connectivity index (χ1n) is 6.02. The SMILES string of the molecule is Brc1cc(NC2CCCc3sccc32)ccc1I. The van der Waals surface area contributed by atoms with Gasteiger partial charge in [-0.25, -0.2) is 0 Å². The Labute approximate surface area is 133 Å². The van der Waals surface area contributed by atoms with Gasteiger partial charge in [0.05, 0.1) is 6.04 Å². The highest BCUT2D eigenvalue weighted by Crippen LogP contribution is 2.36. The lowest BCUT2D eigenvalue weighted by molar-refractivity contribution is 0.609. The summed E-state index contributed by atoms with van der Waals surface area (Å²) in [5.41, 5.74) is 2.70. The molecule has 18 heavy (non-hydrogen) atoms. The van der Waals surface area contributed by atoms with Crippen LogP contribution >= 0.6 is 49.9 Å². The van der Waals surface area contributed by atoms with E-state index < -0.39 is 0 Å². The molecule has 0 saturated heterocycles. The van der Waals surface area contributed by atoms with Crippen molar-refractivity contribution in [1.29, 1.82) is 0 Å². The molecule has 0 radical (unpaired) electrons. The molecule has 1 unspecified atom stereocenters. The summed E-state index contributed by atoms with van der Waals surface area (Å²) in [6.45, 7) is 0. The van der Waals surface area contributed by atoms with E-state index in [4.69, 9.17) is 0 Å². The van der Waals surface area contributed by atoms with Crippen molar-refractivity contribution in [3.8, 4) is 0 Å². The van der Waals surface area contributed by atoms with Crippen molar-refractivity contribution < 1.29 is 0 Å². The Kier molecular flexibility index (Phi) is 3.96. The summed E-state index contributed by atoms with van der Waals surface area (Å²) in [6, 6.07) is 9.23. The third-order valence-electron chi connectivity index (χ3n) is 3.31. The van der Waals surface area contributed by atoms with Crippen LogP contribution in [-0.4, -0.2) is 0 Å². The first-order chi connectivity index (χ1) is 8.74. The monoisotopic (exact) mass is 433 g/mol. The largest absolute Gasteiger partial charge is 0.378 e. The van der Waals surface area contributed by atoms with Crippen molar-refractivity contribution in [2.45, 2.75) is 25.3 Å². The average Bonchev–Trinajstić information content (AvgIpc) is 2.83. The van der Waals surface area contributed by atoms with Crippen LogP contribution in [0.5, 0.6) is 0 Å². The molecule has 0 saturated carbocycles. The van der Waals surface area contributed by atoms with Gasteiger partial charge in [0.15, 0.2) is 0 Å². The van der Waals surface area contributed by atoms with Crippen molar-refractivity contribution in [1.82, 2.24) is 0 Å². The Morgan fingerprint density at radius 2 is 2.22 bits per heavy atom. The molecule has 0 fully saturated rings. The lowest BCUT2D eigenvalue weighted by atomic mass is 9.94. The number of nitrogens with one attached hydrogen (secondary N) is 1. The predicted molar refractivity (Wildman–Crippen MR) is 90.5 cm³/mol. The second-order valence-corrected chi connectivity index (χ2v) is 7.53. The lowest BCUT2D eigenvalue weighted by Crippen LogP contribution is -2.15. The Balaban J connectivity index is 1.84. The number of halogens is 2. The molecule has 1 atom stereocenters. The molecular formula is C14H13BrINS. The summed E-state index contributed by atoms with van der Waals surface area (Å²) in [5.74, 6) is 0. The summed E-state index contributed by atoms with van der Waals surface area (Å²) >= 11 is 7.82. The molecular weight excluding hydrogens is 421 g/mol. The van der Waals surface area contributed by atoms with Crippen LogP contribution in [0.25, 0.3) is 0 Å². The predicted octanol–water partition coefficient (Wildman–Crippen LogP) is 5.60. The number of hydrogen-bond acceptors (Lipinski definition) is 2. The van der Waals surface area contributed by atoms with E-state index in [1.807, 2.05) is 11.3 Å². The fraction of sp³-hybridized carbons (Fsp3) is 0.286. The standard InChI is InChI=1S/C14H13BrINS/c15-11-8-9(4-5-12(11)16)17-13-2-1-3-14-10(13)6-7-18-14/h4-8,13,17H,1-3H2. The maximum Gasteiger partial charge on any atom is 0.0524 e. The van der Waals surface area contributed by atoms with Crippen molar-refractivity contribution in [2.24, 2.45) is 0 Å². The summed E-state index contributed by atoms with van der Waals surface area (Å²) < 4.78 is 2.41. The van der Waals surface area contributed by atoms with Crippen LogP contribution in [0.3, 0.4) is 0 Å². The molecule has 0 amide bonds. The van der Waals surface area contributed by atoms with Crippen molar-refractivity contribution >= 4 is 55.5 Å². The van der Waals surface area contributed by atoms with Gasteiger partial charge in [-0.1, -0.05) is 0 Å². The van der Waals surface area contributed by atoms with Crippen LogP contribution in [0, 0.1) is 3.57 Å². The third kappa shape index (κ3) is 2.60. The minimum atomic E-state index is 0.479. The maximum atomic E-state index is 3.66. The Morgan fingerprint density at radius 3 is 3.06 bits per heavy atom. The number of aryl methyl sites for hydroxylation is 1. The molecule has 1 nitrogen and oxygen atoms in total. The minimum absolute atomic E-state index is 0.479. The molecule has 1 aromatic carbocycles. The second kappa shape index (κ2) is 5.51. The van der Waals surface area contributed by atoms with Crippen molar-refractivity contribution in [3.05, 3.63) is 48.1 Å².